The summed E-state index contributed by atoms with van der Waals surface area (Å²) in [5.74, 6) is -0.616. The Kier molecular flexibility index (Phi) is 7.02. The van der Waals surface area contributed by atoms with Gasteiger partial charge < -0.3 is 19.9 Å². The van der Waals surface area contributed by atoms with Crippen LogP contribution in [0.1, 0.15) is 18.9 Å². The summed E-state index contributed by atoms with van der Waals surface area (Å²) in [7, 11) is 1.47. The first-order valence-electron chi connectivity index (χ1n) is 9.02. The number of carboxylic acid groups (broad SMARTS) is 1. The van der Waals surface area contributed by atoms with E-state index in [4.69, 9.17) is 21.1 Å². The van der Waals surface area contributed by atoms with Crippen LogP contribution in [0, 0.1) is 0 Å². The van der Waals surface area contributed by atoms with Gasteiger partial charge in [0.2, 0.25) is 0 Å². The Labute approximate surface area is 182 Å². The third kappa shape index (κ3) is 5.34. The zero-order chi connectivity index (χ0) is 21.7. The number of carbonyl (C=O) groups is 2. The number of hydrogen-bond acceptors (Lipinski definition) is 6. The van der Waals surface area contributed by atoms with Crippen LogP contribution in [0.5, 0.6) is 11.5 Å². The number of ether oxygens (including phenoxy) is 2. The van der Waals surface area contributed by atoms with E-state index in [0.717, 1.165) is 0 Å². The summed E-state index contributed by atoms with van der Waals surface area (Å²) in [6.45, 7) is 1.72. The molecule has 0 bridgehead atoms. The molecular weight excluding hydrogens is 428 g/mol. The minimum Gasteiger partial charge on any atom is -0.493 e. The van der Waals surface area contributed by atoms with E-state index in [2.05, 4.69) is 10.3 Å². The van der Waals surface area contributed by atoms with E-state index in [1.54, 1.807) is 55.5 Å². The van der Waals surface area contributed by atoms with E-state index < -0.39 is 12.1 Å². The van der Waals surface area contributed by atoms with Gasteiger partial charge in [0.15, 0.2) is 22.8 Å². The Balaban J connectivity index is 1.80. The van der Waals surface area contributed by atoms with E-state index in [1.165, 1.54) is 18.9 Å². The monoisotopic (exact) mass is 446 g/mol. The second kappa shape index (κ2) is 9.69. The van der Waals surface area contributed by atoms with Gasteiger partial charge in [-0.2, -0.15) is 0 Å². The van der Waals surface area contributed by atoms with Crippen molar-refractivity contribution >= 4 is 52.2 Å². The van der Waals surface area contributed by atoms with Crippen LogP contribution in [-0.2, 0) is 9.59 Å². The molecule has 0 aliphatic carbocycles. The van der Waals surface area contributed by atoms with Crippen LogP contribution in [0.3, 0.4) is 0 Å². The Morgan fingerprint density at radius 1 is 1.30 bits per heavy atom. The smallest absolute Gasteiger partial charge is 0.344 e. The summed E-state index contributed by atoms with van der Waals surface area (Å²) in [4.78, 5) is 28.4. The minimum atomic E-state index is -1.05. The first-order chi connectivity index (χ1) is 14.4. The lowest BCUT2D eigenvalue weighted by molar-refractivity contribution is -0.145. The fourth-order valence-corrected chi connectivity index (χ4v) is 3.65. The van der Waals surface area contributed by atoms with Crippen molar-refractivity contribution in [1.29, 1.82) is 0 Å². The molecule has 2 N–H and O–H groups in total. The zero-order valence-corrected chi connectivity index (χ0v) is 17.8. The van der Waals surface area contributed by atoms with Crippen molar-refractivity contribution < 1.29 is 24.2 Å². The first kappa shape index (κ1) is 21.7. The Hall–Kier alpha value is -2.97. The number of hydrogen-bond donors (Lipinski definition) is 2. The number of carbonyl (C=O) groups excluding carboxylic acids is 1. The van der Waals surface area contributed by atoms with E-state index in [1.807, 2.05) is 0 Å². The molecule has 1 fully saturated rings. The number of thioether (sulfide) groups is 1. The van der Waals surface area contributed by atoms with Crippen molar-refractivity contribution in [1.82, 2.24) is 5.32 Å². The number of nitrogens with one attached hydrogen (secondary N) is 1. The number of benzene rings is 2. The normalized spacial score (nSPS) is 17.1. The molecule has 2 aromatic rings. The number of amidine groups is 1. The molecule has 156 valence electrons. The maximum atomic E-state index is 12.3. The van der Waals surface area contributed by atoms with Crippen LogP contribution in [-0.4, -0.2) is 35.4 Å². The predicted molar refractivity (Wildman–Crippen MR) is 118 cm³/mol. The maximum Gasteiger partial charge on any atom is 0.344 e. The van der Waals surface area contributed by atoms with Crippen LogP contribution < -0.4 is 14.8 Å². The zero-order valence-electron chi connectivity index (χ0n) is 16.2. The van der Waals surface area contributed by atoms with Gasteiger partial charge in [-0.05, 0) is 60.2 Å². The number of carboxylic acids is 1. The highest BCUT2D eigenvalue weighted by atomic mass is 35.5. The number of halogens is 1. The number of rotatable bonds is 7. The SMILES string of the molecule is CCC(Oc1ccc(/C=C2/SC(=Nc3cccc(Cl)c3)NC2=O)cc1OC)C(=O)O. The highest BCUT2D eigenvalue weighted by molar-refractivity contribution is 8.18. The van der Waals surface area contributed by atoms with Gasteiger partial charge >= 0.3 is 5.97 Å². The van der Waals surface area contributed by atoms with Gasteiger partial charge in [-0.15, -0.1) is 0 Å². The molecule has 0 radical (unpaired) electrons. The summed E-state index contributed by atoms with van der Waals surface area (Å²) in [5, 5.41) is 12.9. The molecule has 30 heavy (non-hydrogen) atoms. The highest BCUT2D eigenvalue weighted by Gasteiger charge is 2.24. The van der Waals surface area contributed by atoms with Crippen molar-refractivity contribution in [3.8, 4) is 11.5 Å². The lowest BCUT2D eigenvalue weighted by Gasteiger charge is -2.16. The van der Waals surface area contributed by atoms with E-state index >= 15 is 0 Å². The van der Waals surface area contributed by atoms with Crippen molar-refractivity contribution in [2.75, 3.05) is 7.11 Å². The molecule has 1 saturated heterocycles. The van der Waals surface area contributed by atoms with Crippen LogP contribution in [0.4, 0.5) is 5.69 Å². The number of nitrogens with zero attached hydrogens (tertiary/aromatic N) is 1. The fourth-order valence-electron chi connectivity index (χ4n) is 2.63. The number of methoxy groups -OCH3 is 1. The van der Waals surface area contributed by atoms with Crippen LogP contribution >= 0.6 is 23.4 Å². The van der Waals surface area contributed by atoms with Gasteiger partial charge in [0.1, 0.15) is 0 Å². The maximum absolute atomic E-state index is 12.3. The van der Waals surface area contributed by atoms with Crippen LogP contribution in [0.15, 0.2) is 52.4 Å². The summed E-state index contributed by atoms with van der Waals surface area (Å²) in [5.41, 5.74) is 1.34. The summed E-state index contributed by atoms with van der Waals surface area (Å²) < 4.78 is 10.8. The average molecular weight is 447 g/mol. The Morgan fingerprint density at radius 2 is 2.10 bits per heavy atom. The molecule has 2 aromatic carbocycles. The predicted octanol–water partition coefficient (Wildman–Crippen LogP) is 4.48. The molecule has 1 aliphatic heterocycles. The lowest BCUT2D eigenvalue weighted by atomic mass is 10.1. The number of amides is 1. The van der Waals surface area contributed by atoms with Gasteiger partial charge in [0.05, 0.1) is 17.7 Å². The number of aliphatic imine (C=N–C) groups is 1. The topological polar surface area (TPSA) is 97.2 Å². The van der Waals surface area contributed by atoms with Crippen molar-refractivity contribution in [2.45, 2.75) is 19.4 Å². The molecule has 0 spiro atoms. The summed E-state index contributed by atoms with van der Waals surface area (Å²) in [6, 6.07) is 12.0. The quantitative estimate of drug-likeness (QED) is 0.608. The highest BCUT2D eigenvalue weighted by Crippen LogP contribution is 2.33. The molecule has 0 aromatic heterocycles. The molecular formula is C21H19ClN2O5S. The van der Waals surface area contributed by atoms with Gasteiger partial charge in [-0.3, -0.25) is 4.79 Å². The molecule has 0 saturated carbocycles. The molecule has 1 unspecified atom stereocenters. The second-order valence-electron chi connectivity index (χ2n) is 6.22. The van der Waals surface area contributed by atoms with Gasteiger partial charge in [0.25, 0.3) is 5.91 Å². The van der Waals surface area contributed by atoms with Crippen molar-refractivity contribution in [3.63, 3.8) is 0 Å². The van der Waals surface area contributed by atoms with Crippen molar-refractivity contribution in [3.05, 3.63) is 58.0 Å². The standard InChI is InChI=1S/C21H19ClN2O5S/c1-3-15(20(26)27)29-16-8-7-12(9-17(16)28-2)10-18-19(25)24-21(30-18)23-14-6-4-5-13(22)11-14/h4-11,15H,3H2,1-2H3,(H,26,27)(H,23,24,25)/b18-10+. The second-order valence-corrected chi connectivity index (χ2v) is 7.69. The molecule has 3 rings (SSSR count). The van der Waals surface area contributed by atoms with Gasteiger partial charge in [-0.25, -0.2) is 9.79 Å². The van der Waals surface area contributed by atoms with Crippen LogP contribution in [0.25, 0.3) is 6.08 Å². The van der Waals surface area contributed by atoms with Gasteiger partial charge in [0, 0.05) is 5.02 Å². The van der Waals surface area contributed by atoms with Crippen LogP contribution in [0.2, 0.25) is 5.02 Å². The Bertz CT molecular complexity index is 1040. The third-order valence-corrected chi connectivity index (χ3v) is 5.24. The lowest BCUT2D eigenvalue weighted by Crippen LogP contribution is -2.26. The van der Waals surface area contributed by atoms with Gasteiger partial charge in [-0.1, -0.05) is 30.7 Å². The average Bonchev–Trinajstić information content (AvgIpc) is 3.05. The van der Waals surface area contributed by atoms with Crippen molar-refractivity contribution in [2.24, 2.45) is 4.99 Å². The van der Waals surface area contributed by atoms with E-state index in [-0.39, 0.29) is 5.91 Å². The largest absolute Gasteiger partial charge is 0.493 e. The molecule has 1 aliphatic rings. The Morgan fingerprint density at radius 3 is 2.77 bits per heavy atom. The summed E-state index contributed by atoms with van der Waals surface area (Å²) >= 11 is 7.17. The third-order valence-electron chi connectivity index (χ3n) is 4.09. The first-order valence-corrected chi connectivity index (χ1v) is 10.2. The molecule has 1 amide bonds. The summed E-state index contributed by atoms with van der Waals surface area (Å²) in [6.07, 6.45) is 1.04. The number of aliphatic carboxylic acids is 1. The van der Waals surface area contributed by atoms with E-state index in [9.17, 15) is 14.7 Å². The fraction of sp³-hybridized carbons (Fsp3) is 0.190. The molecule has 9 heteroatoms. The minimum absolute atomic E-state index is 0.267. The molecule has 1 heterocycles. The molecule has 1 atom stereocenters. The molecule has 7 nitrogen and oxygen atoms in total. The van der Waals surface area contributed by atoms with E-state index in [0.29, 0.717) is 44.3 Å².